The highest BCUT2D eigenvalue weighted by Crippen LogP contribution is 2.23. The molecule has 2 rings (SSSR count). The van der Waals surface area contributed by atoms with Gasteiger partial charge in [0.15, 0.2) is 5.78 Å². The van der Waals surface area contributed by atoms with Gasteiger partial charge in [-0.3, -0.25) is 9.69 Å². The average molecular weight is 394 g/mol. The van der Waals surface area contributed by atoms with E-state index >= 15 is 0 Å². The van der Waals surface area contributed by atoms with Crippen LogP contribution in [0.3, 0.4) is 0 Å². The van der Waals surface area contributed by atoms with Gasteiger partial charge in [0.25, 0.3) is 0 Å². The molecule has 130 valence electrons. The van der Waals surface area contributed by atoms with Gasteiger partial charge in [-0.15, -0.1) is 17.0 Å². The van der Waals surface area contributed by atoms with E-state index in [0.717, 1.165) is 5.56 Å². The van der Waals surface area contributed by atoms with Crippen LogP contribution in [0, 0.1) is 0 Å². The van der Waals surface area contributed by atoms with Crippen molar-refractivity contribution >= 4 is 22.8 Å². The Morgan fingerprint density at radius 1 is 1.00 bits per heavy atom. The van der Waals surface area contributed by atoms with Crippen molar-refractivity contribution in [1.82, 2.24) is 4.90 Å². The van der Waals surface area contributed by atoms with Crippen molar-refractivity contribution < 1.29 is 15.0 Å². The third-order valence-corrected chi connectivity index (χ3v) is 3.72. The standard InChI is InChI=1S/C19H23NO3.BrH/c1-19(2,3)20(12-14-7-5-4-6-8-14)13-18(23)15-9-16(21)11-17(22)10-15;/h4-11,21-22H,12-13H2,1-3H3;1H. The van der Waals surface area contributed by atoms with E-state index in [1.165, 1.54) is 18.2 Å². The van der Waals surface area contributed by atoms with Crippen molar-refractivity contribution in [1.29, 1.82) is 0 Å². The smallest absolute Gasteiger partial charge is 0.177 e. The summed E-state index contributed by atoms with van der Waals surface area (Å²) in [5, 5.41) is 19.1. The molecule has 0 bridgehead atoms. The number of benzene rings is 2. The summed E-state index contributed by atoms with van der Waals surface area (Å²) in [6.45, 7) is 7.04. The van der Waals surface area contributed by atoms with Crippen LogP contribution in [0.25, 0.3) is 0 Å². The molecular formula is C19H24BrNO3. The first-order chi connectivity index (χ1) is 10.8. The number of nitrogens with zero attached hydrogens (tertiary/aromatic N) is 1. The minimum Gasteiger partial charge on any atom is -0.508 e. The Morgan fingerprint density at radius 3 is 2.04 bits per heavy atom. The van der Waals surface area contributed by atoms with Crippen LogP contribution < -0.4 is 0 Å². The number of hydrogen-bond donors (Lipinski definition) is 2. The van der Waals surface area contributed by atoms with Crippen LogP contribution in [0.2, 0.25) is 0 Å². The van der Waals surface area contributed by atoms with Gasteiger partial charge < -0.3 is 10.2 Å². The number of hydrogen-bond acceptors (Lipinski definition) is 4. The molecule has 0 unspecified atom stereocenters. The van der Waals surface area contributed by atoms with Crippen molar-refractivity contribution in [3.63, 3.8) is 0 Å². The lowest BCUT2D eigenvalue weighted by Gasteiger charge is -2.35. The second kappa shape index (κ2) is 8.31. The van der Waals surface area contributed by atoms with Gasteiger partial charge in [-0.25, -0.2) is 0 Å². The van der Waals surface area contributed by atoms with Crippen molar-refractivity contribution in [2.75, 3.05) is 6.54 Å². The summed E-state index contributed by atoms with van der Waals surface area (Å²) >= 11 is 0. The quantitative estimate of drug-likeness (QED) is 0.748. The number of ketones is 1. The summed E-state index contributed by atoms with van der Waals surface area (Å²) in [5.41, 5.74) is 1.25. The van der Waals surface area contributed by atoms with Crippen molar-refractivity contribution in [3.05, 3.63) is 59.7 Å². The van der Waals surface area contributed by atoms with Crippen LogP contribution in [0.15, 0.2) is 48.5 Å². The highest BCUT2D eigenvalue weighted by Gasteiger charge is 2.24. The summed E-state index contributed by atoms with van der Waals surface area (Å²) in [5.74, 6) is -0.362. The molecule has 2 aromatic carbocycles. The fraction of sp³-hybridized carbons (Fsp3) is 0.316. The maximum atomic E-state index is 12.5. The zero-order chi connectivity index (χ0) is 17.0. The van der Waals surface area contributed by atoms with Gasteiger partial charge in [-0.1, -0.05) is 30.3 Å². The van der Waals surface area contributed by atoms with Gasteiger partial charge in [-0.2, -0.15) is 0 Å². The maximum Gasteiger partial charge on any atom is 0.177 e. The molecule has 0 atom stereocenters. The Balaban J connectivity index is 0.00000288. The van der Waals surface area contributed by atoms with E-state index in [-0.39, 0.29) is 46.3 Å². The lowest BCUT2D eigenvalue weighted by atomic mass is 10.0. The molecule has 2 aromatic rings. The monoisotopic (exact) mass is 393 g/mol. The predicted molar refractivity (Wildman–Crippen MR) is 101 cm³/mol. The molecule has 24 heavy (non-hydrogen) atoms. The van der Waals surface area contributed by atoms with Crippen LogP contribution in [-0.2, 0) is 6.54 Å². The molecule has 0 spiro atoms. The average Bonchev–Trinajstić information content (AvgIpc) is 2.45. The van der Waals surface area contributed by atoms with Crippen LogP contribution in [0.4, 0.5) is 0 Å². The van der Waals surface area contributed by atoms with E-state index in [4.69, 9.17) is 0 Å². The van der Waals surface area contributed by atoms with E-state index in [2.05, 4.69) is 25.7 Å². The van der Waals surface area contributed by atoms with Gasteiger partial charge in [0.05, 0.1) is 6.54 Å². The highest BCUT2D eigenvalue weighted by atomic mass is 79.9. The number of rotatable bonds is 5. The highest BCUT2D eigenvalue weighted by molar-refractivity contribution is 8.93. The molecule has 0 heterocycles. The first-order valence-corrected chi connectivity index (χ1v) is 7.61. The predicted octanol–water partition coefficient (Wildman–Crippen LogP) is 4.16. The Kier molecular flexibility index (Phi) is 6.99. The maximum absolute atomic E-state index is 12.5. The molecule has 5 heteroatoms. The van der Waals surface area contributed by atoms with E-state index in [0.29, 0.717) is 12.1 Å². The summed E-state index contributed by atoms with van der Waals surface area (Å²) in [6.07, 6.45) is 0. The van der Waals surface area contributed by atoms with Gasteiger partial charge in [0, 0.05) is 23.7 Å². The topological polar surface area (TPSA) is 60.8 Å². The molecule has 0 aromatic heterocycles. The fourth-order valence-corrected chi connectivity index (χ4v) is 2.35. The molecular weight excluding hydrogens is 370 g/mol. The van der Waals surface area contributed by atoms with Crippen LogP contribution in [0.5, 0.6) is 11.5 Å². The summed E-state index contributed by atoms with van der Waals surface area (Å²) in [4.78, 5) is 14.6. The first kappa shape index (κ1) is 20.2. The van der Waals surface area contributed by atoms with E-state index < -0.39 is 0 Å². The fourth-order valence-electron chi connectivity index (χ4n) is 2.35. The molecule has 0 fully saturated rings. The summed E-state index contributed by atoms with van der Waals surface area (Å²) in [6, 6.07) is 14.0. The van der Waals surface area contributed by atoms with Gasteiger partial charge in [0.2, 0.25) is 0 Å². The van der Waals surface area contributed by atoms with Crippen molar-refractivity contribution in [2.45, 2.75) is 32.9 Å². The second-order valence-electron chi connectivity index (χ2n) is 6.67. The van der Waals surface area contributed by atoms with Crippen LogP contribution in [-0.4, -0.2) is 33.0 Å². The van der Waals surface area contributed by atoms with Gasteiger partial charge in [0.1, 0.15) is 11.5 Å². The lowest BCUT2D eigenvalue weighted by Crippen LogP contribution is -2.43. The first-order valence-electron chi connectivity index (χ1n) is 7.61. The molecule has 0 aliphatic heterocycles. The Labute approximate surface area is 153 Å². The van der Waals surface area contributed by atoms with E-state index in [1.807, 2.05) is 30.3 Å². The normalized spacial score (nSPS) is 11.2. The Bertz CT molecular complexity index is 661. The number of phenols is 2. The summed E-state index contributed by atoms with van der Waals surface area (Å²) in [7, 11) is 0. The van der Waals surface area contributed by atoms with Crippen LogP contribution >= 0.6 is 17.0 Å². The number of carbonyl (C=O) groups excluding carboxylic acids is 1. The van der Waals surface area contributed by atoms with E-state index in [9.17, 15) is 15.0 Å². The number of halogens is 1. The second-order valence-corrected chi connectivity index (χ2v) is 6.67. The zero-order valence-corrected chi connectivity index (χ0v) is 15.9. The third kappa shape index (κ3) is 5.65. The molecule has 4 nitrogen and oxygen atoms in total. The van der Waals surface area contributed by atoms with Crippen LogP contribution in [0.1, 0.15) is 36.7 Å². The molecule has 0 amide bonds. The largest absolute Gasteiger partial charge is 0.508 e. The van der Waals surface area contributed by atoms with E-state index in [1.54, 1.807) is 0 Å². The Morgan fingerprint density at radius 2 is 1.54 bits per heavy atom. The van der Waals surface area contributed by atoms with Gasteiger partial charge in [-0.05, 0) is 38.5 Å². The SMILES string of the molecule is Br.CC(C)(C)N(CC(=O)c1cc(O)cc(O)c1)Cc1ccccc1. The summed E-state index contributed by atoms with van der Waals surface area (Å²) < 4.78 is 0. The molecule has 0 radical (unpaired) electrons. The number of carbonyl (C=O) groups is 1. The molecule has 0 aliphatic rings. The van der Waals surface area contributed by atoms with Gasteiger partial charge >= 0.3 is 0 Å². The number of phenolic OH excluding ortho intramolecular Hbond substituents is 2. The minimum absolute atomic E-state index is 0. The molecule has 0 saturated heterocycles. The Hall–Kier alpha value is -1.85. The number of Topliss-reactive ketones (excluding diaryl/α,β-unsaturated/α-hetero) is 1. The molecule has 0 aliphatic carbocycles. The van der Waals surface area contributed by atoms with Crippen molar-refractivity contribution in [2.24, 2.45) is 0 Å². The lowest BCUT2D eigenvalue weighted by molar-refractivity contribution is 0.0793. The zero-order valence-electron chi connectivity index (χ0n) is 14.2. The molecule has 0 saturated carbocycles. The molecule has 2 N–H and O–H groups in total. The van der Waals surface area contributed by atoms with Crippen molar-refractivity contribution in [3.8, 4) is 11.5 Å². The third-order valence-electron chi connectivity index (χ3n) is 3.72. The number of aromatic hydroxyl groups is 2. The minimum atomic E-state index is -0.190.